The Labute approximate surface area is 164 Å². The smallest absolute Gasteiger partial charge is 0.329 e. The van der Waals surface area contributed by atoms with Crippen molar-refractivity contribution in [1.29, 1.82) is 0 Å². The summed E-state index contributed by atoms with van der Waals surface area (Å²) in [5.74, 6) is 0. The first-order valence-corrected chi connectivity index (χ1v) is 12.5. The van der Waals surface area contributed by atoms with Crippen molar-refractivity contribution in [2.75, 3.05) is 6.61 Å². The molecule has 0 amide bonds. The highest BCUT2D eigenvalue weighted by Gasteiger charge is 2.44. The first-order chi connectivity index (χ1) is 13.1. The molecule has 1 aromatic heterocycles. The third kappa shape index (κ3) is 6.94. The Bertz CT molecular complexity index is 1000. The number of aromatic amines is 1. The van der Waals surface area contributed by atoms with Crippen LogP contribution in [0.1, 0.15) is 5.37 Å². The molecule has 16 nitrogen and oxygen atoms in total. The molecule has 166 valence electrons. The van der Waals surface area contributed by atoms with Crippen molar-refractivity contribution >= 4 is 35.2 Å². The van der Waals surface area contributed by atoms with Gasteiger partial charge in [0.15, 0.2) is 0 Å². The van der Waals surface area contributed by atoms with E-state index in [9.17, 15) is 48.2 Å². The fourth-order valence-corrected chi connectivity index (χ4v) is 6.63. The monoisotopic (exact) mass is 497 g/mol. The fourth-order valence-electron chi connectivity index (χ4n) is 2.18. The number of aliphatic hydroxyl groups is 2. The Hall–Kier alpha value is -0.640. The summed E-state index contributed by atoms with van der Waals surface area (Å²) in [5.41, 5.74) is -1.64. The van der Waals surface area contributed by atoms with Gasteiger partial charge in [-0.05, 0) is 0 Å². The molecule has 1 fully saturated rings. The molecule has 1 aromatic rings. The Morgan fingerprint density at radius 3 is 2.28 bits per heavy atom. The van der Waals surface area contributed by atoms with Crippen molar-refractivity contribution < 1.29 is 56.6 Å². The highest BCUT2D eigenvalue weighted by molar-refractivity contribution is 8.00. The van der Waals surface area contributed by atoms with Gasteiger partial charge in [0, 0.05) is 12.3 Å². The minimum Gasteiger partial charge on any atom is -0.756 e. The van der Waals surface area contributed by atoms with Crippen LogP contribution in [0.3, 0.4) is 0 Å². The van der Waals surface area contributed by atoms with Crippen LogP contribution >= 0.6 is 35.2 Å². The summed E-state index contributed by atoms with van der Waals surface area (Å²) in [7, 11) is -17.7. The molecule has 3 unspecified atom stereocenters. The molecule has 0 aliphatic carbocycles. The number of hydrogen-bond acceptors (Lipinski definition) is 14. The number of nitrogens with one attached hydrogen (secondary N) is 1. The van der Waals surface area contributed by atoms with E-state index in [1.807, 2.05) is 4.98 Å². The maximum Gasteiger partial charge on any atom is 0.329 e. The number of nitrogens with zero attached hydrogens (tertiary/aromatic N) is 1. The molecule has 29 heavy (non-hydrogen) atoms. The standard InChI is InChI=1S/C9H15N2O14P3S/c12-5-1-2-11(9(15)10-5)8-7(14)6(13)4(29-8)3-23-27(19,20)25-28(21,22)24-26(16,17)18/h1-2,4,6-8,13-14H,3H2,(H,19,20)(H,21,22)(H,10,12,15)(H2,16,17,18)/p-3/t4-,6-,7-,8-/m1/s1. The van der Waals surface area contributed by atoms with Crippen LogP contribution in [-0.2, 0) is 26.8 Å². The molecule has 0 spiro atoms. The quantitative estimate of drug-likeness (QED) is 0.252. The second-order valence-electron chi connectivity index (χ2n) is 5.39. The van der Waals surface area contributed by atoms with Crippen molar-refractivity contribution in [3.05, 3.63) is 33.1 Å². The van der Waals surface area contributed by atoms with Gasteiger partial charge in [0.1, 0.15) is 11.5 Å². The van der Waals surface area contributed by atoms with Gasteiger partial charge in [0.25, 0.3) is 29.0 Å². The Morgan fingerprint density at radius 1 is 1.10 bits per heavy atom. The predicted octanol–water partition coefficient (Wildman–Crippen LogP) is -3.68. The van der Waals surface area contributed by atoms with E-state index >= 15 is 0 Å². The average molecular weight is 497 g/mol. The van der Waals surface area contributed by atoms with Crippen LogP contribution in [0.2, 0.25) is 0 Å². The molecule has 0 radical (unpaired) electrons. The van der Waals surface area contributed by atoms with Crippen LogP contribution in [0, 0.1) is 0 Å². The van der Waals surface area contributed by atoms with E-state index in [0.29, 0.717) is 11.8 Å². The topological polar surface area (TPSA) is 264 Å². The zero-order chi connectivity index (χ0) is 22.2. The number of aliphatic hydroxyl groups excluding tert-OH is 2. The third-order valence-corrected chi connectivity index (χ3v) is 8.50. The molecule has 2 heterocycles. The van der Waals surface area contributed by atoms with Crippen LogP contribution in [0.15, 0.2) is 21.9 Å². The summed E-state index contributed by atoms with van der Waals surface area (Å²) in [6, 6.07) is 0.965. The van der Waals surface area contributed by atoms with E-state index in [1.165, 1.54) is 0 Å². The van der Waals surface area contributed by atoms with Crippen molar-refractivity contribution in [3.8, 4) is 0 Å². The second kappa shape index (κ2) is 8.85. The lowest BCUT2D eigenvalue weighted by molar-refractivity contribution is -0.249. The summed E-state index contributed by atoms with van der Waals surface area (Å²) in [5, 5.41) is 17.7. The van der Waals surface area contributed by atoms with Crippen molar-refractivity contribution in [1.82, 2.24) is 9.55 Å². The third-order valence-electron chi connectivity index (χ3n) is 3.26. The van der Waals surface area contributed by atoms with Gasteiger partial charge >= 0.3 is 5.69 Å². The highest BCUT2D eigenvalue weighted by Crippen LogP contribution is 2.61. The number of H-pyrrole nitrogens is 1. The van der Waals surface area contributed by atoms with Gasteiger partial charge in [-0.2, -0.15) is 0 Å². The van der Waals surface area contributed by atoms with Gasteiger partial charge in [-0.3, -0.25) is 28.0 Å². The summed E-state index contributed by atoms with van der Waals surface area (Å²) in [6.45, 7) is -0.966. The lowest BCUT2D eigenvalue weighted by Gasteiger charge is -2.33. The molecule has 1 aliphatic heterocycles. The van der Waals surface area contributed by atoms with E-state index in [4.69, 9.17) is 4.89 Å². The molecule has 2 rings (SSSR count). The van der Waals surface area contributed by atoms with Crippen molar-refractivity contribution in [2.24, 2.45) is 0 Å². The maximum atomic E-state index is 11.8. The minimum atomic E-state index is -6.07. The fraction of sp³-hybridized carbons (Fsp3) is 0.556. The van der Waals surface area contributed by atoms with Crippen LogP contribution < -0.4 is 25.9 Å². The number of phosphoric ester groups is 1. The van der Waals surface area contributed by atoms with Crippen LogP contribution in [0.25, 0.3) is 0 Å². The predicted molar refractivity (Wildman–Crippen MR) is 86.9 cm³/mol. The summed E-state index contributed by atoms with van der Waals surface area (Å²) in [4.78, 5) is 66.1. The Balaban J connectivity index is 2.06. The van der Waals surface area contributed by atoms with Gasteiger partial charge in [-0.15, -0.1) is 11.8 Å². The van der Waals surface area contributed by atoms with E-state index in [0.717, 1.165) is 16.8 Å². The highest BCUT2D eigenvalue weighted by atomic mass is 32.2. The maximum absolute atomic E-state index is 11.8. The van der Waals surface area contributed by atoms with E-state index in [-0.39, 0.29) is 0 Å². The van der Waals surface area contributed by atoms with Gasteiger partial charge in [-0.25, -0.2) is 13.4 Å². The lowest BCUT2D eigenvalue weighted by atomic mass is 10.1. The van der Waals surface area contributed by atoms with Gasteiger partial charge in [0.2, 0.25) is 0 Å². The van der Waals surface area contributed by atoms with Crippen LogP contribution in [0.5, 0.6) is 0 Å². The van der Waals surface area contributed by atoms with E-state index in [1.54, 1.807) is 0 Å². The zero-order valence-corrected chi connectivity index (χ0v) is 17.2. The number of hydrogen-bond donors (Lipinski definition) is 4. The molecule has 1 aliphatic rings. The molecule has 0 bridgehead atoms. The SMILES string of the molecule is O=c1ccn([C@@H]2S[C@H](COP(=O)([O-])OP(=O)([O-])OP(=O)([O-])O)[C@@H](O)[C@H]2O)c(=O)[nH]1. The number of aromatic nitrogens is 2. The first kappa shape index (κ1) is 24.6. The first-order valence-electron chi connectivity index (χ1n) is 7.16. The normalized spacial score (nSPS) is 31.0. The van der Waals surface area contributed by atoms with Crippen LogP contribution in [-0.4, -0.2) is 48.7 Å². The summed E-state index contributed by atoms with van der Waals surface area (Å²) < 4.78 is 44.6. The lowest BCUT2D eigenvalue weighted by Crippen LogP contribution is -2.37. The largest absolute Gasteiger partial charge is 0.756 e. The van der Waals surface area contributed by atoms with Gasteiger partial charge < -0.3 is 34.3 Å². The molecular formula is C9H12N2O14P3S-3. The zero-order valence-electron chi connectivity index (χ0n) is 13.7. The van der Waals surface area contributed by atoms with Crippen molar-refractivity contribution in [2.45, 2.75) is 22.8 Å². The number of phosphoric acid groups is 3. The van der Waals surface area contributed by atoms with Gasteiger partial charge in [0.05, 0.1) is 18.0 Å². The van der Waals surface area contributed by atoms with Crippen molar-refractivity contribution in [3.63, 3.8) is 0 Å². The molecule has 0 saturated carbocycles. The molecule has 4 N–H and O–H groups in total. The van der Waals surface area contributed by atoms with Gasteiger partial charge in [-0.1, -0.05) is 0 Å². The summed E-state index contributed by atoms with van der Waals surface area (Å²) >= 11 is 0.656. The van der Waals surface area contributed by atoms with E-state index in [2.05, 4.69) is 13.1 Å². The molecule has 1 saturated heterocycles. The van der Waals surface area contributed by atoms with Crippen LogP contribution in [0.4, 0.5) is 0 Å². The van der Waals surface area contributed by atoms with E-state index < -0.39 is 64.2 Å². The average Bonchev–Trinajstić information content (AvgIpc) is 2.78. The summed E-state index contributed by atoms with van der Waals surface area (Å²) in [6.07, 6.45) is -2.24. The second-order valence-corrected chi connectivity index (χ2v) is 11.0. The molecule has 20 heteroatoms. The Kier molecular flexibility index (Phi) is 7.51. The number of rotatable bonds is 8. The minimum absolute atomic E-state index is 0.656. The number of thioether (sulfide) groups is 1. The molecular weight excluding hydrogens is 485 g/mol. The molecule has 7 atom stereocenters. The molecule has 0 aromatic carbocycles. The Morgan fingerprint density at radius 2 is 1.72 bits per heavy atom.